The smallest absolute Gasteiger partial charge is 0.237 e. The molecule has 3 N–H and O–H groups in total. The Morgan fingerprint density at radius 1 is 1.24 bits per heavy atom. The Balaban J connectivity index is 2.72. The third kappa shape index (κ3) is 3.86. The quantitative estimate of drug-likeness (QED) is 0.821. The molecule has 1 amide bonds. The average Bonchev–Trinajstić information content (AvgIpc) is 2.35. The van der Waals surface area contributed by atoms with Gasteiger partial charge in [-0.05, 0) is 25.3 Å². The summed E-state index contributed by atoms with van der Waals surface area (Å²) in [4.78, 5) is 11.7. The first-order valence-electron chi connectivity index (χ1n) is 6.21. The van der Waals surface area contributed by atoms with Crippen LogP contribution in [0.4, 0.5) is 0 Å². The number of carbonyl (C=O) groups is 1. The lowest BCUT2D eigenvalue weighted by Crippen LogP contribution is -2.41. The van der Waals surface area contributed by atoms with E-state index in [0.717, 1.165) is 12.0 Å². The van der Waals surface area contributed by atoms with E-state index < -0.39 is 6.04 Å². The number of rotatable bonds is 5. The van der Waals surface area contributed by atoms with Crippen molar-refractivity contribution in [2.45, 2.75) is 45.7 Å². The average molecular weight is 234 g/mol. The fourth-order valence-electron chi connectivity index (χ4n) is 1.68. The van der Waals surface area contributed by atoms with Crippen molar-refractivity contribution in [3.8, 4) is 0 Å². The van der Waals surface area contributed by atoms with E-state index >= 15 is 0 Å². The van der Waals surface area contributed by atoms with Crippen LogP contribution in [0.15, 0.2) is 24.3 Å². The summed E-state index contributed by atoms with van der Waals surface area (Å²) >= 11 is 0. The Kier molecular flexibility index (Phi) is 5.16. The van der Waals surface area contributed by atoms with Crippen molar-refractivity contribution >= 4 is 5.91 Å². The van der Waals surface area contributed by atoms with E-state index in [4.69, 9.17) is 5.73 Å². The van der Waals surface area contributed by atoms with E-state index in [-0.39, 0.29) is 11.9 Å². The Morgan fingerprint density at radius 3 is 2.29 bits per heavy atom. The van der Waals surface area contributed by atoms with Gasteiger partial charge in [-0.1, -0.05) is 43.7 Å². The van der Waals surface area contributed by atoms with Crippen LogP contribution in [-0.4, -0.2) is 11.9 Å². The molecule has 1 rings (SSSR count). The maximum Gasteiger partial charge on any atom is 0.237 e. The zero-order valence-corrected chi connectivity index (χ0v) is 10.9. The molecule has 3 heteroatoms. The summed E-state index contributed by atoms with van der Waals surface area (Å²) in [5, 5.41) is 2.99. The van der Waals surface area contributed by atoms with Crippen molar-refractivity contribution in [3.05, 3.63) is 35.4 Å². The van der Waals surface area contributed by atoms with E-state index in [1.807, 2.05) is 6.92 Å². The van der Waals surface area contributed by atoms with Gasteiger partial charge in [-0.25, -0.2) is 0 Å². The highest BCUT2D eigenvalue weighted by Crippen LogP contribution is 2.17. The van der Waals surface area contributed by atoms with Gasteiger partial charge in [0, 0.05) is 0 Å². The number of aryl methyl sites for hydroxylation is 1. The molecule has 1 aromatic carbocycles. The molecule has 94 valence electrons. The number of hydrogen-bond donors (Lipinski definition) is 2. The van der Waals surface area contributed by atoms with Crippen LogP contribution in [0, 0.1) is 6.92 Å². The highest BCUT2D eigenvalue weighted by atomic mass is 16.2. The summed E-state index contributed by atoms with van der Waals surface area (Å²) in [6.07, 6.45) is 1.53. The molecule has 0 spiro atoms. The van der Waals surface area contributed by atoms with Gasteiger partial charge in [0.25, 0.3) is 0 Å². The number of benzene rings is 1. The van der Waals surface area contributed by atoms with E-state index in [2.05, 4.69) is 43.4 Å². The van der Waals surface area contributed by atoms with Crippen molar-refractivity contribution in [3.63, 3.8) is 0 Å². The fraction of sp³-hybridized carbons (Fsp3) is 0.500. The molecule has 0 bridgehead atoms. The van der Waals surface area contributed by atoms with Gasteiger partial charge in [-0.2, -0.15) is 0 Å². The second kappa shape index (κ2) is 6.40. The van der Waals surface area contributed by atoms with Gasteiger partial charge >= 0.3 is 0 Å². The normalized spacial score (nSPS) is 14.1. The van der Waals surface area contributed by atoms with Crippen LogP contribution < -0.4 is 11.1 Å². The summed E-state index contributed by atoms with van der Waals surface area (Å²) < 4.78 is 0. The van der Waals surface area contributed by atoms with Gasteiger partial charge in [-0.3, -0.25) is 4.79 Å². The van der Waals surface area contributed by atoms with Gasteiger partial charge in [0.15, 0.2) is 0 Å². The van der Waals surface area contributed by atoms with E-state index in [1.165, 1.54) is 5.56 Å². The predicted molar refractivity (Wildman–Crippen MR) is 70.6 cm³/mol. The Bertz CT molecular complexity index is 359. The minimum Gasteiger partial charge on any atom is -0.348 e. The molecule has 0 saturated heterocycles. The molecule has 0 unspecified atom stereocenters. The van der Waals surface area contributed by atoms with Gasteiger partial charge in [0.2, 0.25) is 5.91 Å². The molecule has 17 heavy (non-hydrogen) atoms. The van der Waals surface area contributed by atoms with Crippen LogP contribution in [0.2, 0.25) is 0 Å². The maximum absolute atomic E-state index is 11.7. The molecule has 2 atom stereocenters. The van der Waals surface area contributed by atoms with Gasteiger partial charge in [-0.15, -0.1) is 0 Å². The van der Waals surface area contributed by atoms with Gasteiger partial charge in [0.1, 0.15) is 0 Å². The molecule has 3 nitrogen and oxygen atoms in total. The van der Waals surface area contributed by atoms with Crippen LogP contribution in [0.5, 0.6) is 0 Å². The molecule has 0 fully saturated rings. The maximum atomic E-state index is 11.7. The van der Waals surface area contributed by atoms with Crippen molar-refractivity contribution < 1.29 is 4.79 Å². The van der Waals surface area contributed by atoms with Crippen LogP contribution in [0.3, 0.4) is 0 Å². The lowest BCUT2D eigenvalue weighted by Gasteiger charge is -2.19. The monoisotopic (exact) mass is 234 g/mol. The number of hydrogen-bond acceptors (Lipinski definition) is 2. The fourth-order valence-corrected chi connectivity index (χ4v) is 1.68. The number of amides is 1. The molecule has 0 aliphatic carbocycles. The summed E-state index contributed by atoms with van der Waals surface area (Å²) in [6, 6.07) is 7.88. The zero-order chi connectivity index (χ0) is 12.8. The summed E-state index contributed by atoms with van der Waals surface area (Å²) in [5.41, 5.74) is 8.07. The number of nitrogens with one attached hydrogen (secondary N) is 1. The first kappa shape index (κ1) is 13.7. The molecule has 0 radical (unpaired) electrons. The largest absolute Gasteiger partial charge is 0.348 e. The van der Waals surface area contributed by atoms with E-state index in [9.17, 15) is 4.79 Å². The van der Waals surface area contributed by atoms with Crippen molar-refractivity contribution in [2.75, 3.05) is 0 Å². The first-order chi connectivity index (χ1) is 8.08. The number of nitrogens with two attached hydrogens (primary N) is 1. The van der Waals surface area contributed by atoms with Crippen LogP contribution in [0.1, 0.15) is 43.9 Å². The van der Waals surface area contributed by atoms with E-state index in [0.29, 0.717) is 6.42 Å². The minimum atomic E-state index is -0.408. The predicted octanol–water partition coefficient (Wildman–Crippen LogP) is 2.30. The Morgan fingerprint density at radius 2 is 1.82 bits per heavy atom. The molecule has 0 heterocycles. The highest BCUT2D eigenvalue weighted by molar-refractivity contribution is 5.81. The van der Waals surface area contributed by atoms with Crippen molar-refractivity contribution in [2.24, 2.45) is 5.73 Å². The molecule has 0 aliphatic heterocycles. The van der Waals surface area contributed by atoms with Gasteiger partial charge < -0.3 is 11.1 Å². The van der Waals surface area contributed by atoms with Gasteiger partial charge in [0.05, 0.1) is 12.1 Å². The molecule has 1 aromatic rings. The van der Waals surface area contributed by atoms with Crippen LogP contribution in [-0.2, 0) is 4.79 Å². The van der Waals surface area contributed by atoms with Crippen LogP contribution >= 0.6 is 0 Å². The lowest BCUT2D eigenvalue weighted by atomic mass is 10.0. The van der Waals surface area contributed by atoms with Crippen molar-refractivity contribution in [1.29, 1.82) is 0 Å². The topological polar surface area (TPSA) is 55.1 Å². The molecule has 0 saturated carbocycles. The van der Waals surface area contributed by atoms with Crippen molar-refractivity contribution in [1.82, 2.24) is 5.32 Å². The Labute approximate surface area is 103 Å². The third-order valence-corrected chi connectivity index (χ3v) is 2.98. The van der Waals surface area contributed by atoms with Crippen LogP contribution in [0.25, 0.3) is 0 Å². The molecular weight excluding hydrogens is 212 g/mol. The van der Waals surface area contributed by atoms with E-state index in [1.54, 1.807) is 0 Å². The number of carbonyl (C=O) groups excluding carboxylic acids is 1. The standard InChI is InChI=1S/C14H22N2O/c1-4-12(15)14(17)16-13(5-2)11-8-6-10(3)7-9-11/h6-9,12-13H,4-5,15H2,1-3H3,(H,16,17)/t12-,13+/m1/s1. The summed E-state index contributed by atoms with van der Waals surface area (Å²) in [7, 11) is 0. The first-order valence-corrected chi connectivity index (χ1v) is 6.21. The lowest BCUT2D eigenvalue weighted by molar-refractivity contribution is -0.123. The SMILES string of the molecule is CC[C@@H](N)C(=O)N[C@@H](CC)c1ccc(C)cc1. The third-order valence-electron chi connectivity index (χ3n) is 2.98. The molecular formula is C14H22N2O. The summed E-state index contributed by atoms with van der Waals surface area (Å²) in [5.74, 6) is -0.0695. The highest BCUT2D eigenvalue weighted by Gasteiger charge is 2.16. The summed E-state index contributed by atoms with van der Waals surface area (Å²) in [6.45, 7) is 6.02. The Hall–Kier alpha value is -1.35. The minimum absolute atomic E-state index is 0.0562. The molecule has 0 aliphatic rings. The second-order valence-corrected chi connectivity index (χ2v) is 4.39. The second-order valence-electron chi connectivity index (χ2n) is 4.39. The zero-order valence-electron chi connectivity index (χ0n) is 10.9. The molecule has 0 aromatic heterocycles.